The quantitative estimate of drug-likeness (QED) is 0.286. The number of nitrogens with zero attached hydrogens (tertiary/aromatic N) is 1. The van der Waals surface area contributed by atoms with Crippen molar-refractivity contribution in [1.82, 2.24) is 0 Å². The molecular weight excluding hydrogens is 362 g/mol. The molecule has 4 aromatic rings. The van der Waals surface area contributed by atoms with Crippen LogP contribution in [0.25, 0.3) is 32.2 Å². The van der Waals surface area contributed by atoms with Gasteiger partial charge < -0.3 is 4.74 Å². The molecule has 2 aromatic carbocycles. The van der Waals surface area contributed by atoms with Crippen molar-refractivity contribution in [2.45, 2.75) is 41.0 Å². The monoisotopic (exact) mass is 388 g/mol. The highest BCUT2D eigenvalue weighted by atomic mass is 32.1. The zero-order valence-electron chi connectivity index (χ0n) is 17.4. The van der Waals surface area contributed by atoms with Gasteiger partial charge in [0.15, 0.2) is 0 Å². The zero-order chi connectivity index (χ0) is 19.8. The van der Waals surface area contributed by atoms with Gasteiger partial charge in [-0.15, -0.1) is 11.3 Å². The van der Waals surface area contributed by atoms with Gasteiger partial charge in [-0.2, -0.15) is 4.57 Å². The second-order valence-electron chi connectivity index (χ2n) is 9.31. The Morgan fingerprint density at radius 1 is 1.04 bits per heavy atom. The fourth-order valence-corrected chi connectivity index (χ4v) is 5.40. The van der Waals surface area contributed by atoms with Gasteiger partial charge in [0, 0.05) is 17.5 Å². The number of thiophene rings is 1. The molecule has 0 saturated heterocycles. The van der Waals surface area contributed by atoms with Gasteiger partial charge >= 0.3 is 0 Å². The lowest BCUT2D eigenvalue weighted by molar-refractivity contribution is -0.633. The molecule has 3 heteroatoms. The van der Waals surface area contributed by atoms with Gasteiger partial charge in [0.05, 0.1) is 5.56 Å². The van der Waals surface area contributed by atoms with E-state index in [4.69, 9.17) is 4.74 Å². The van der Waals surface area contributed by atoms with E-state index in [1.165, 1.54) is 48.9 Å². The predicted octanol–water partition coefficient (Wildman–Crippen LogP) is 6.86. The van der Waals surface area contributed by atoms with Crippen molar-refractivity contribution in [2.24, 2.45) is 12.5 Å². The zero-order valence-corrected chi connectivity index (χ0v) is 18.3. The number of hydrogen-bond donors (Lipinski definition) is 0. The molecule has 0 spiro atoms. The number of hydrogen-bond acceptors (Lipinski definition) is 2. The molecule has 0 unspecified atom stereocenters. The minimum Gasteiger partial charge on any atom is -0.450 e. The number of benzene rings is 2. The molecule has 5 rings (SSSR count). The summed E-state index contributed by atoms with van der Waals surface area (Å²) >= 11 is 1.77. The Kier molecular flexibility index (Phi) is 3.67. The first-order valence-electron chi connectivity index (χ1n) is 9.88. The Morgan fingerprint density at radius 2 is 1.82 bits per heavy atom. The lowest BCUT2D eigenvalue weighted by Crippen LogP contribution is -2.33. The third-order valence-electron chi connectivity index (χ3n) is 5.84. The summed E-state index contributed by atoms with van der Waals surface area (Å²) in [5, 5.41) is 4.69. The Bertz CT molecular complexity index is 1270. The van der Waals surface area contributed by atoms with E-state index in [-0.39, 0.29) is 5.41 Å². The number of aromatic nitrogens is 1. The summed E-state index contributed by atoms with van der Waals surface area (Å²) in [6.07, 6.45) is 1.03. The van der Waals surface area contributed by atoms with Crippen LogP contribution in [0.2, 0.25) is 0 Å². The largest absolute Gasteiger partial charge is 0.450 e. The SMILES string of the molecule is Cc1cc2cc(CC(C)(C)C)cc3c2c(c1C)-c1c(cc2sccc2[n+]1C)O3. The van der Waals surface area contributed by atoms with Crippen LogP contribution in [0.5, 0.6) is 11.5 Å². The maximum atomic E-state index is 6.54. The third kappa shape index (κ3) is 2.56. The van der Waals surface area contributed by atoms with Crippen LogP contribution in [0, 0.1) is 19.3 Å². The van der Waals surface area contributed by atoms with E-state index in [9.17, 15) is 0 Å². The first-order chi connectivity index (χ1) is 13.2. The van der Waals surface area contributed by atoms with Crippen molar-refractivity contribution in [3.8, 4) is 22.8 Å². The van der Waals surface area contributed by atoms with Crippen molar-refractivity contribution >= 4 is 32.3 Å². The minimum absolute atomic E-state index is 0.241. The van der Waals surface area contributed by atoms with Crippen LogP contribution in [0.15, 0.2) is 35.7 Å². The molecule has 0 saturated carbocycles. The van der Waals surface area contributed by atoms with E-state index >= 15 is 0 Å². The highest BCUT2D eigenvalue weighted by Crippen LogP contribution is 2.49. The Balaban J connectivity index is 1.88. The van der Waals surface area contributed by atoms with E-state index in [0.29, 0.717) is 0 Å². The highest BCUT2D eigenvalue weighted by molar-refractivity contribution is 7.17. The van der Waals surface area contributed by atoms with Crippen LogP contribution >= 0.6 is 11.3 Å². The molecule has 0 atom stereocenters. The first-order valence-corrected chi connectivity index (χ1v) is 10.8. The summed E-state index contributed by atoms with van der Waals surface area (Å²) in [5.41, 5.74) is 8.03. The number of pyridine rings is 1. The Hall–Kier alpha value is -2.39. The molecule has 0 aliphatic carbocycles. The Labute approximate surface area is 170 Å². The van der Waals surface area contributed by atoms with Gasteiger partial charge in [-0.1, -0.05) is 32.9 Å². The number of aryl methyl sites for hydroxylation is 2. The second kappa shape index (κ2) is 5.81. The average molecular weight is 389 g/mol. The van der Waals surface area contributed by atoms with Gasteiger partial charge in [0.1, 0.15) is 17.5 Å². The molecule has 2 aromatic heterocycles. The van der Waals surface area contributed by atoms with Crippen molar-refractivity contribution in [2.75, 3.05) is 0 Å². The van der Waals surface area contributed by atoms with Gasteiger partial charge in [-0.3, -0.25) is 0 Å². The second-order valence-corrected chi connectivity index (χ2v) is 10.3. The lowest BCUT2D eigenvalue weighted by atomic mass is 9.85. The standard InChI is InChI=1S/C25H26NOS/c1-14-9-17-10-16(13-25(3,4)5)11-19-23(17)22(15(14)2)24-20(27-19)12-21-18(26(24)6)7-8-28-21/h7-12H,13H2,1-6H3/q+1. The van der Waals surface area contributed by atoms with Crippen molar-refractivity contribution in [3.63, 3.8) is 0 Å². The van der Waals surface area contributed by atoms with Crippen LogP contribution in [0.1, 0.15) is 37.5 Å². The normalized spacial score (nSPS) is 13.1. The maximum Gasteiger partial charge on any atom is 0.256 e. The molecule has 3 heterocycles. The molecule has 0 fully saturated rings. The van der Waals surface area contributed by atoms with Crippen molar-refractivity contribution in [3.05, 3.63) is 52.4 Å². The molecule has 0 bridgehead atoms. The van der Waals surface area contributed by atoms with Crippen LogP contribution in [0.3, 0.4) is 0 Å². The van der Waals surface area contributed by atoms with Crippen LogP contribution in [-0.2, 0) is 13.5 Å². The summed E-state index contributed by atoms with van der Waals surface area (Å²) in [6, 6.07) is 11.3. The molecule has 1 aliphatic heterocycles. The van der Waals surface area contributed by atoms with E-state index in [2.05, 4.69) is 81.9 Å². The highest BCUT2D eigenvalue weighted by Gasteiger charge is 2.32. The third-order valence-corrected chi connectivity index (χ3v) is 6.69. The topological polar surface area (TPSA) is 13.1 Å². The summed E-state index contributed by atoms with van der Waals surface area (Å²) in [6.45, 7) is 11.3. The predicted molar refractivity (Wildman–Crippen MR) is 119 cm³/mol. The van der Waals surface area contributed by atoms with E-state index in [0.717, 1.165) is 17.9 Å². The number of rotatable bonds is 1. The molecule has 0 amide bonds. The van der Waals surface area contributed by atoms with E-state index in [1.807, 2.05) is 0 Å². The Morgan fingerprint density at radius 3 is 2.57 bits per heavy atom. The summed E-state index contributed by atoms with van der Waals surface area (Å²) in [7, 11) is 2.16. The van der Waals surface area contributed by atoms with Gasteiger partial charge in [-0.25, -0.2) is 0 Å². The van der Waals surface area contributed by atoms with Gasteiger partial charge in [0.2, 0.25) is 11.3 Å². The smallest absolute Gasteiger partial charge is 0.256 e. The molecule has 1 aliphatic rings. The summed E-state index contributed by atoms with van der Waals surface area (Å²) < 4.78 is 10.1. The van der Waals surface area contributed by atoms with Crippen molar-refractivity contribution < 1.29 is 9.30 Å². The maximum absolute atomic E-state index is 6.54. The van der Waals surface area contributed by atoms with Crippen LogP contribution in [-0.4, -0.2) is 0 Å². The molecule has 28 heavy (non-hydrogen) atoms. The molecule has 0 N–H and O–H groups in total. The number of fused-ring (bicyclic) bond motifs is 3. The molecule has 142 valence electrons. The molecule has 0 radical (unpaired) electrons. The lowest BCUT2D eigenvalue weighted by Gasteiger charge is -2.24. The van der Waals surface area contributed by atoms with Crippen LogP contribution < -0.4 is 9.30 Å². The van der Waals surface area contributed by atoms with E-state index < -0.39 is 0 Å². The average Bonchev–Trinajstić information content (AvgIpc) is 3.05. The fourth-order valence-electron chi connectivity index (χ4n) is 4.55. The van der Waals surface area contributed by atoms with Gasteiger partial charge in [-0.05, 0) is 59.2 Å². The van der Waals surface area contributed by atoms with Crippen molar-refractivity contribution in [1.29, 1.82) is 0 Å². The molecule has 2 nitrogen and oxygen atoms in total. The fraction of sp³-hybridized carbons (Fsp3) is 0.320. The summed E-state index contributed by atoms with van der Waals surface area (Å²) in [4.78, 5) is 0. The summed E-state index contributed by atoms with van der Waals surface area (Å²) in [5.74, 6) is 1.96. The first kappa shape index (κ1) is 17.7. The minimum atomic E-state index is 0.241. The van der Waals surface area contributed by atoms with Gasteiger partial charge in [0.25, 0.3) is 5.69 Å². The van der Waals surface area contributed by atoms with E-state index in [1.54, 1.807) is 11.3 Å². The molecular formula is C25H26NOS+. The van der Waals surface area contributed by atoms with Crippen LogP contribution in [0.4, 0.5) is 0 Å². The number of ether oxygens (including phenoxy) is 1.